The third kappa shape index (κ3) is 1.95. The van der Waals surface area contributed by atoms with Gasteiger partial charge < -0.3 is 13.8 Å². The Bertz CT molecular complexity index is 524. The zero-order valence-corrected chi connectivity index (χ0v) is 10.7. The van der Waals surface area contributed by atoms with Gasteiger partial charge in [-0.1, -0.05) is 5.16 Å². The molecule has 3 rings (SSSR count). The van der Waals surface area contributed by atoms with E-state index in [-0.39, 0.29) is 5.92 Å². The summed E-state index contributed by atoms with van der Waals surface area (Å²) < 4.78 is 12.8. The fourth-order valence-corrected chi connectivity index (χ4v) is 2.27. The SMILES string of the molecule is CC(C)n1cccc1-c1nc([C@@H]2CCOC2)no1. The molecule has 0 amide bonds. The van der Waals surface area contributed by atoms with Crippen molar-refractivity contribution in [3.8, 4) is 11.6 Å². The fraction of sp³-hybridized carbons (Fsp3) is 0.538. The maximum atomic E-state index is 5.37. The molecule has 0 aliphatic carbocycles. The van der Waals surface area contributed by atoms with Gasteiger partial charge in [0.15, 0.2) is 5.82 Å². The Morgan fingerprint density at radius 1 is 1.44 bits per heavy atom. The Morgan fingerprint density at radius 2 is 2.33 bits per heavy atom. The molecule has 1 saturated heterocycles. The minimum absolute atomic E-state index is 0.282. The van der Waals surface area contributed by atoms with E-state index in [9.17, 15) is 0 Å². The summed E-state index contributed by atoms with van der Waals surface area (Å²) in [5.41, 5.74) is 0.975. The van der Waals surface area contributed by atoms with Crippen LogP contribution in [0.2, 0.25) is 0 Å². The lowest BCUT2D eigenvalue weighted by molar-refractivity contribution is 0.192. The van der Waals surface area contributed by atoms with Gasteiger partial charge in [0.1, 0.15) is 5.69 Å². The average molecular weight is 247 g/mol. The Kier molecular flexibility index (Phi) is 2.91. The lowest BCUT2D eigenvalue weighted by Crippen LogP contribution is -2.02. The Balaban J connectivity index is 1.90. The summed E-state index contributed by atoms with van der Waals surface area (Å²) in [6.45, 7) is 5.75. The molecule has 3 heterocycles. The largest absolute Gasteiger partial charge is 0.381 e. The van der Waals surface area contributed by atoms with Crippen LogP contribution < -0.4 is 0 Å². The van der Waals surface area contributed by atoms with Crippen LogP contribution in [0.3, 0.4) is 0 Å². The first kappa shape index (κ1) is 11.5. The van der Waals surface area contributed by atoms with Crippen molar-refractivity contribution in [2.24, 2.45) is 0 Å². The lowest BCUT2D eigenvalue weighted by atomic mass is 10.1. The van der Waals surface area contributed by atoms with E-state index in [1.165, 1.54) is 0 Å². The smallest absolute Gasteiger partial charge is 0.274 e. The molecule has 1 aliphatic rings. The summed E-state index contributed by atoms with van der Waals surface area (Å²) in [6.07, 6.45) is 3.01. The first-order valence-electron chi connectivity index (χ1n) is 6.34. The highest BCUT2D eigenvalue weighted by Gasteiger charge is 2.24. The van der Waals surface area contributed by atoms with Gasteiger partial charge in [-0.3, -0.25) is 0 Å². The van der Waals surface area contributed by atoms with Crippen LogP contribution in [0.1, 0.15) is 38.1 Å². The maximum Gasteiger partial charge on any atom is 0.274 e. The summed E-state index contributed by atoms with van der Waals surface area (Å²) in [7, 11) is 0. The number of nitrogens with zero attached hydrogens (tertiary/aromatic N) is 3. The molecular weight excluding hydrogens is 230 g/mol. The van der Waals surface area contributed by atoms with E-state index in [2.05, 4.69) is 28.6 Å². The summed E-state index contributed by atoms with van der Waals surface area (Å²) in [6, 6.07) is 4.38. The number of hydrogen-bond acceptors (Lipinski definition) is 4. The van der Waals surface area contributed by atoms with Gasteiger partial charge in [0.05, 0.1) is 6.61 Å². The zero-order chi connectivity index (χ0) is 12.5. The standard InChI is InChI=1S/C13H17N3O2/c1-9(2)16-6-3-4-11(16)13-14-12(15-18-13)10-5-7-17-8-10/h3-4,6,9-10H,5,7-8H2,1-2H3/t10-/m1/s1. The summed E-state index contributed by atoms with van der Waals surface area (Å²) in [4.78, 5) is 4.50. The van der Waals surface area contributed by atoms with E-state index >= 15 is 0 Å². The van der Waals surface area contributed by atoms with Crippen molar-refractivity contribution >= 4 is 0 Å². The van der Waals surface area contributed by atoms with Crippen LogP contribution in [0.25, 0.3) is 11.6 Å². The number of hydrogen-bond donors (Lipinski definition) is 0. The van der Waals surface area contributed by atoms with Crippen LogP contribution in [0, 0.1) is 0 Å². The monoisotopic (exact) mass is 247 g/mol. The molecule has 0 spiro atoms. The van der Waals surface area contributed by atoms with Crippen molar-refractivity contribution in [1.29, 1.82) is 0 Å². The molecule has 0 unspecified atom stereocenters. The lowest BCUT2D eigenvalue weighted by Gasteiger charge is -2.09. The van der Waals surface area contributed by atoms with E-state index in [4.69, 9.17) is 9.26 Å². The highest BCUT2D eigenvalue weighted by atomic mass is 16.5. The molecule has 0 saturated carbocycles. The average Bonchev–Trinajstić information content (AvgIpc) is 3.10. The quantitative estimate of drug-likeness (QED) is 0.836. The Morgan fingerprint density at radius 3 is 3.06 bits per heavy atom. The van der Waals surface area contributed by atoms with Crippen molar-refractivity contribution < 1.29 is 9.26 Å². The Labute approximate surface area is 106 Å². The summed E-state index contributed by atoms with van der Waals surface area (Å²) >= 11 is 0. The van der Waals surface area contributed by atoms with Crippen molar-refractivity contribution in [3.05, 3.63) is 24.2 Å². The molecule has 2 aromatic rings. The van der Waals surface area contributed by atoms with Crippen LogP contribution >= 0.6 is 0 Å². The zero-order valence-electron chi connectivity index (χ0n) is 10.7. The van der Waals surface area contributed by atoms with Crippen LogP contribution in [-0.2, 0) is 4.74 Å². The third-order valence-electron chi connectivity index (χ3n) is 3.29. The summed E-state index contributed by atoms with van der Waals surface area (Å²) in [5, 5.41) is 4.08. The molecule has 5 heteroatoms. The molecular formula is C13H17N3O2. The predicted octanol–water partition coefficient (Wildman–Crippen LogP) is 2.62. The van der Waals surface area contributed by atoms with E-state index in [0.29, 0.717) is 18.5 Å². The molecule has 0 aromatic carbocycles. The van der Waals surface area contributed by atoms with Gasteiger partial charge in [0.2, 0.25) is 0 Å². The van der Waals surface area contributed by atoms with E-state index in [1.807, 2.05) is 18.3 Å². The van der Waals surface area contributed by atoms with Gasteiger partial charge in [-0.05, 0) is 32.4 Å². The molecule has 2 aromatic heterocycles. The number of ether oxygens (including phenoxy) is 1. The minimum Gasteiger partial charge on any atom is -0.381 e. The highest BCUT2D eigenvalue weighted by Crippen LogP contribution is 2.27. The van der Waals surface area contributed by atoms with Gasteiger partial charge >= 0.3 is 0 Å². The topological polar surface area (TPSA) is 53.1 Å². The second kappa shape index (κ2) is 4.57. The van der Waals surface area contributed by atoms with Gasteiger partial charge in [-0.2, -0.15) is 4.98 Å². The van der Waals surface area contributed by atoms with Crippen molar-refractivity contribution in [1.82, 2.24) is 14.7 Å². The number of aromatic nitrogens is 3. The second-order valence-electron chi connectivity index (χ2n) is 4.91. The first-order valence-corrected chi connectivity index (χ1v) is 6.34. The van der Waals surface area contributed by atoms with Crippen molar-refractivity contribution in [3.63, 3.8) is 0 Å². The molecule has 1 aliphatic heterocycles. The van der Waals surface area contributed by atoms with Crippen molar-refractivity contribution in [2.75, 3.05) is 13.2 Å². The van der Waals surface area contributed by atoms with E-state index < -0.39 is 0 Å². The summed E-state index contributed by atoms with van der Waals surface area (Å²) in [5.74, 6) is 1.64. The highest BCUT2D eigenvalue weighted by molar-refractivity contribution is 5.48. The van der Waals surface area contributed by atoms with Crippen LogP contribution in [-0.4, -0.2) is 27.9 Å². The van der Waals surface area contributed by atoms with E-state index in [0.717, 1.165) is 24.5 Å². The minimum atomic E-state index is 0.282. The molecule has 1 fully saturated rings. The molecule has 1 atom stereocenters. The first-order chi connectivity index (χ1) is 8.75. The molecule has 18 heavy (non-hydrogen) atoms. The Hall–Kier alpha value is -1.62. The molecule has 0 N–H and O–H groups in total. The molecule has 0 radical (unpaired) electrons. The van der Waals surface area contributed by atoms with Gasteiger partial charge in [-0.25, -0.2) is 0 Å². The van der Waals surface area contributed by atoms with Crippen LogP contribution in [0.4, 0.5) is 0 Å². The number of rotatable bonds is 3. The van der Waals surface area contributed by atoms with Gasteiger partial charge in [0.25, 0.3) is 5.89 Å². The van der Waals surface area contributed by atoms with Gasteiger partial charge in [0, 0.05) is 24.8 Å². The van der Waals surface area contributed by atoms with Crippen molar-refractivity contribution in [2.45, 2.75) is 32.2 Å². The third-order valence-corrected chi connectivity index (χ3v) is 3.29. The molecule has 0 bridgehead atoms. The molecule has 96 valence electrons. The molecule has 5 nitrogen and oxygen atoms in total. The maximum absolute atomic E-state index is 5.37. The predicted molar refractivity (Wildman–Crippen MR) is 66.3 cm³/mol. The van der Waals surface area contributed by atoms with E-state index in [1.54, 1.807) is 0 Å². The van der Waals surface area contributed by atoms with Crippen LogP contribution in [0.5, 0.6) is 0 Å². The van der Waals surface area contributed by atoms with Crippen LogP contribution in [0.15, 0.2) is 22.9 Å². The fourth-order valence-electron chi connectivity index (χ4n) is 2.27. The second-order valence-corrected chi connectivity index (χ2v) is 4.91. The van der Waals surface area contributed by atoms with Gasteiger partial charge in [-0.15, -0.1) is 0 Å². The normalized spacial score (nSPS) is 19.8.